The lowest BCUT2D eigenvalue weighted by molar-refractivity contribution is 0.384. The second-order valence-electron chi connectivity index (χ2n) is 5.33. The highest BCUT2D eigenvalue weighted by molar-refractivity contribution is 7.99. The largest absolute Gasteiger partial charge is 0.493 e. The van der Waals surface area contributed by atoms with Crippen LogP contribution in [0.1, 0.15) is 31.6 Å². The van der Waals surface area contributed by atoms with Crippen LogP contribution in [0.3, 0.4) is 0 Å². The number of nitrogens with one attached hydrogen (secondary N) is 1. The fourth-order valence-corrected chi connectivity index (χ4v) is 3.82. The number of furan rings is 1. The van der Waals surface area contributed by atoms with Gasteiger partial charge in [-0.2, -0.15) is 11.8 Å². The molecule has 2 unspecified atom stereocenters. The van der Waals surface area contributed by atoms with E-state index in [-0.39, 0.29) is 6.04 Å². The van der Waals surface area contributed by atoms with Crippen LogP contribution in [0.2, 0.25) is 0 Å². The molecule has 1 aliphatic heterocycles. The van der Waals surface area contributed by atoms with Gasteiger partial charge in [0.05, 0.1) is 13.2 Å². The average molecular weight is 291 g/mol. The molecule has 2 atom stereocenters. The summed E-state index contributed by atoms with van der Waals surface area (Å²) in [6.45, 7) is 2.17. The molecule has 1 fully saturated rings. The van der Waals surface area contributed by atoms with Crippen molar-refractivity contribution >= 4 is 22.7 Å². The smallest absolute Gasteiger partial charge is 0.176 e. The fourth-order valence-electron chi connectivity index (χ4n) is 2.74. The van der Waals surface area contributed by atoms with Gasteiger partial charge in [-0.1, -0.05) is 12.1 Å². The van der Waals surface area contributed by atoms with Crippen LogP contribution in [0.15, 0.2) is 28.7 Å². The third-order valence-corrected chi connectivity index (χ3v) is 5.04. The quantitative estimate of drug-likeness (QED) is 0.923. The number of fused-ring (bicyclic) bond motifs is 1. The third-order valence-electron chi connectivity index (χ3n) is 3.82. The van der Waals surface area contributed by atoms with Gasteiger partial charge in [0.1, 0.15) is 5.76 Å². The first-order valence-corrected chi connectivity index (χ1v) is 8.33. The molecule has 108 valence electrons. The van der Waals surface area contributed by atoms with Gasteiger partial charge in [-0.25, -0.2) is 0 Å². The molecule has 3 rings (SSSR count). The number of thioether (sulfide) groups is 1. The molecule has 3 nitrogen and oxygen atoms in total. The molecular weight excluding hydrogens is 270 g/mol. The summed E-state index contributed by atoms with van der Waals surface area (Å²) < 4.78 is 11.4. The van der Waals surface area contributed by atoms with Crippen molar-refractivity contribution in [2.75, 3.05) is 18.6 Å². The third kappa shape index (κ3) is 2.81. The lowest BCUT2D eigenvalue weighted by Crippen LogP contribution is -2.35. The van der Waals surface area contributed by atoms with Crippen LogP contribution in [0.4, 0.5) is 0 Å². The molecule has 0 radical (unpaired) electrons. The second kappa shape index (κ2) is 6.10. The van der Waals surface area contributed by atoms with Crippen molar-refractivity contribution in [1.82, 2.24) is 5.32 Å². The zero-order valence-electron chi connectivity index (χ0n) is 12.0. The molecule has 1 aromatic heterocycles. The van der Waals surface area contributed by atoms with Crippen molar-refractivity contribution in [1.29, 1.82) is 0 Å². The van der Waals surface area contributed by atoms with Crippen LogP contribution < -0.4 is 10.1 Å². The van der Waals surface area contributed by atoms with E-state index in [9.17, 15) is 0 Å². The van der Waals surface area contributed by atoms with Crippen molar-refractivity contribution in [2.45, 2.75) is 31.8 Å². The Labute approximate surface area is 124 Å². The molecule has 4 heteroatoms. The zero-order chi connectivity index (χ0) is 13.9. The lowest BCUT2D eigenvalue weighted by atomic mass is 10.1. The summed E-state index contributed by atoms with van der Waals surface area (Å²) in [6, 6.07) is 8.94. The van der Waals surface area contributed by atoms with Gasteiger partial charge in [0.25, 0.3) is 0 Å². The minimum Gasteiger partial charge on any atom is -0.493 e. The van der Waals surface area contributed by atoms with E-state index < -0.39 is 0 Å². The molecule has 1 aliphatic rings. The summed E-state index contributed by atoms with van der Waals surface area (Å²) in [4.78, 5) is 0. The first-order chi connectivity index (χ1) is 9.78. The maximum Gasteiger partial charge on any atom is 0.176 e. The van der Waals surface area contributed by atoms with E-state index in [1.54, 1.807) is 7.11 Å². The highest BCUT2D eigenvalue weighted by Crippen LogP contribution is 2.31. The van der Waals surface area contributed by atoms with Crippen molar-refractivity contribution in [3.63, 3.8) is 0 Å². The minimum atomic E-state index is 0.232. The van der Waals surface area contributed by atoms with Gasteiger partial charge in [0, 0.05) is 17.2 Å². The van der Waals surface area contributed by atoms with Crippen LogP contribution >= 0.6 is 11.8 Å². The summed E-state index contributed by atoms with van der Waals surface area (Å²) in [6.07, 6.45) is 2.57. The normalized spacial score (nSPS) is 21.0. The molecule has 0 amide bonds. The highest BCUT2D eigenvalue weighted by Gasteiger charge is 2.19. The number of methoxy groups -OCH3 is 1. The number of hydrogen-bond acceptors (Lipinski definition) is 4. The molecule has 1 aromatic carbocycles. The SMILES string of the molecule is COc1cccc2cc(C(C)NC3CCCSC3)oc12. The van der Waals surface area contributed by atoms with E-state index in [4.69, 9.17) is 9.15 Å². The molecule has 0 bridgehead atoms. The van der Waals surface area contributed by atoms with E-state index in [1.807, 2.05) is 23.9 Å². The summed E-state index contributed by atoms with van der Waals surface area (Å²) >= 11 is 2.04. The Hall–Kier alpha value is -1.13. The van der Waals surface area contributed by atoms with Crippen molar-refractivity contribution in [3.05, 3.63) is 30.0 Å². The van der Waals surface area contributed by atoms with Crippen LogP contribution in [-0.2, 0) is 0 Å². The molecular formula is C16H21NO2S. The maximum atomic E-state index is 6.00. The van der Waals surface area contributed by atoms with E-state index in [2.05, 4.69) is 24.4 Å². The summed E-state index contributed by atoms with van der Waals surface area (Å²) in [5, 5.41) is 4.78. The van der Waals surface area contributed by atoms with Crippen LogP contribution in [-0.4, -0.2) is 24.7 Å². The van der Waals surface area contributed by atoms with E-state index in [0.717, 1.165) is 22.5 Å². The van der Waals surface area contributed by atoms with Gasteiger partial charge < -0.3 is 14.5 Å². The Balaban J connectivity index is 1.78. The van der Waals surface area contributed by atoms with Gasteiger partial charge in [0.15, 0.2) is 11.3 Å². The van der Waals surface area contributed by atoms with E-state index in [0.29, 0.717) is 6.04 Å². The van der Waals surface area contributed by atoms with Crippen molar-refractivity contribution in [2.24, 2.45) is 0 Å². The predicted molar refractivity (Wildman–Crippen MR) is 84.7 cm³/mol. The van der Waals surface area contributed by atoms with Gasteiger partial charge in [-0.3, -0.25) is 0 Å². The number of rotatable bonds is 4. The number of ether oxygens (including phenoxy) is 1. The van der Waals surface area contributed by atoms with Gasteiger partial charge in [-0.05, 0) is 37.7 Å². The number of hydrogen-bond donors (Lipinski definition) is 1. The topological polar surface area (TPSA) is 34.4 Å². The predicted octanol–water partition coefficient (Wildman–Crippen LogP) is 3.99. The minimum absolute atomic E-state index is 0.232. The van der Waals surface area contributed by atoms with E-state index in [1.165, 1.54) is 24.3 Å². The monoisotopic (exact) mass is 291 g/mol. The molecule has 0 spiro atoms. The fraction of sp³-hybridized carbons (Fsp3) is 0.500. The van der Waals surface area contributed by atoms with Crippen molar-refractivity contribution < 1.29 is 9.15 Å². The summed E-state index contributed by atoms with van der Waals surface area (Å²) in [5.41, 5.74) is 0.844. The molecule has 2 aromatic rings. The van der Waals surface area contributed by atoms with Gasteiger partial charge in [-0.15, -0.1) is 0 Å². The Morgan fingerprint density at radius 1 is 1.45 bits per heavy atom. The molecule has 2 heterocycles. The van der Waals surface area contributed by atoms with Crippen LogP contribution in [0.5, 0.6) is 5.75 Å². The molecule has 20 heavy (non-hydrogen) atoms. The Morgan fingerprint density at radius 3 is 3.10 bits per heavy atom. The highest BCUT2D eigenvalue weighted by atomic mass is 32.2. The number of benzene rings is 1. The lowest BCUT2D eigenvalue weighted by Gasteiger charge is -2.25. The molecule has 1 N–H and O–H groups in total. The Bertz CT molecular complexity index is 575. The first-order valence-electron chi connectivity index (χ1n) is 7.18. The molecule has 0 saturated carbocycles. The van der Waals surface area contributed by atoms with Gasteiger partial charge >= 0.3 is 0 Å². The van der Waals surface area contributed by atoms with E-state index >= 15 is 0 Å². The maximum absolute atomic E-state index is 6.00. The molecule has 0 aliphatic carbocycles. The zero-order valence-corrected chi connectivity index (χ0v) is 12.8. The summed E-state index contributed by atoms with van der Waals surface area (Å²) in [7, 11) is 1.68. The van der Waals surface area contributed by atoms with Crippen molar-refractivity contribution in [3.8, 4) is 5.75 Å². The van der Waals surface area contributed by atoms with Crippen LogP contribution in [0, 0.1) is 0 Å². The Morgan fingerprint density at radius 2 is 2.35 bits per heavy atom. The molecule has 1 saturated heterocycles. The van der Waals surface area contributed by atoms with Gasteiger partial charge in [0.2, 0.25) is 0 Å². The second-order valence-corrected chi connectivity index (χ2v) is 6.48. The average Bonchev–Trinajstić information content (AvgIpc) is 2.92. The Kier molecular flexibility index (Phi) is 4.22. The standard InChI is InChI=1S/C16H21NO2S/c1-11(17-13-6-4-8-20-10-13)15-9-12-5-3-7-14(18-2)16(12)19-15/h3,5,7,9,11,13,17H,4,6,8,10H2,1-2H3. The van der Waals surface area contributed by atoms with Crippen LogP contribution in [0.25, 0.3) is 11.0 Å². The first kappa shape index (κ1) is 13.8. The summed E-state index contributed by atoms with van der Waals surface area (Å²) in [5.74, 6) is 4.29. The number of para-hydroxylation sites is 1.